The highest BCUT2D eigenvalue weighted by molar-refractivity contribution is 5.65. The molecule has 1 aliphatic heterocycles. The van der Waals surface area contributed by atoms with E-state index >= 15 is 0 Å². The van der Waals surface area contributed by atoms with E-state index in [0.29, 0.717) is 5.92 Å². The molecule has 0 spiro atoms. The molecular formula is C16H20N4. The molecule has 0 amide bonds. The van der Waals surface area contributed by atoms with Gasteiger partial charge in [-0.2, -0.15) is 0 Å². The average Bonchev–Trinajstić information content (AvgIpc) is 3.11. The number of aromatic nitrogens is 1. The van der Waals surface area contributed by atoms with Crippen molar-refractivity contribution in [2.24, 2.45) is 11.7 Å². The van der Waals surface area contributed by atoms with Gasteiger partial charge in [-0.3, -0.25) is 0 Å². The summed E-state index contributed by atoms with van der Waals surface area (Å²) >= 11 is 0. The Hall–Kier alpha value is -2.36. The maximum absolute atomic E-state index is 5.76. The van der Waals surface area contributed by atoms with Crippen LogP contribution in [0.3, 0.4) is 0 Å². The summed E-state index contributed by atoms with van der Waals surface area (Å²) in [5.74, 6) is 1.26. The molecule has 4 nitrogen and oxygen atoms in total. The van der Waals surface area contributed by atoms with Gasteiger partial charge >= 0.3 is 0 Å². The van der Waals surface area contributed by atoms with E-state index in [-0.39, 0.29) is 0 Å². The smallest absolute Gasteiger partial charge is 0.0923 e. The lowest BCUT2D eigenvalue weighted by Gasteiger charge is -2.22. The van der Waals surface area contributed by atoms with Crippen LogP contribution in [0.1, 0.15) is 0 Å². The van der Waals surface area contributed by atoms with Crippen molar-refractivity contribution >= 4 is 5.69 Å². The molecular weight excluding hydrogens is 248 g/mol. The molecule has 0 bridgehead atoms. The molecule has 0 saturated carbocycles. The monoisotopic (exact) mass is 268 g/mol. The number of benzene rings is 1. The number of hydrogen-bond donors (Lipinski definition) is 3. The number of H-pyrrole nitrogens is 1. The van der Waals surface area contributed by atoms with E-state index in [1.54, 1.807) is 0 Å². The summed E-state index contributed by atoms with van der Waals surface area (Å²) < 4.78 is 0. The van der Waals surface area contributed by atoms with Gasteiger partial charge in [0.15, 0.2) is 0 Å². The summed E-state index contributed by atoms with van der Waals surface area (Å²) in [5, 5.41) is 3.17. The van der Waals surface area contributed by atoms with Gasteiger partial charge in [0.25, 0.3) is 0 Å². The van der Waals surface area contributed by atoms with E-state index in [1.807, 2.05) is 12.3 Å². The molecule has 3 rings (SSSR count). The predicted octanol–water partition coefficient (Wildman–Crippen LogP) is 2.14. The van der Waals surface area contributed by atoms with E-state index in [9.17, 15) is 0 Å². The lowest BCUT2D eigenvalue weighted by Crippen LogP contribution is -2.27. The molecule has 1 aromatic carbocycles. The highest BCUT2D eigenvalue weighted by Gasteiger charge is 2.15. The Bertz CT molecular complexity index is 601. The predicted molar refractivity (Wildman–Crippen MR) is 83.3 cm³/mol. The third kappa shape index (κ3) is 2.64. The minimum atomic E-state index is 0.467. The van der Waals surface area contributed by atoms with Crippen LogP contribution < -0.4 is 16.0 Å². The van der Waals surface area contributed by atoms with E-state index in [4.69, 9.17) is 5.73 Å². The Kier molecular flexibility index (Phi) is 3.37. The van der Waals surface area contributed by atoms with E-state index < -0.39 is 0 Å². The van der Waals surface area contributed by atoms with Crippen LogP contribution in [0.2, 0.25) is 0 Å². The van der Waals surface area contributed by atoms with Gasteiger partial charge in [-0.05, 0) is 35.9 Å². The number of nitrogens with zero attached hydrogens (tertiary/aromatic N) is 1. The van der Waals surface area contributed by atoms with Gasteiger partial charge < -0.3 is 20.9 Å². The van der Waals surface area contributed by atoms with E-state index in [1.165, 1.54) is 11.3 Å². The summed E-state index contributed by atoms with van der Waals surface area (Å²) in [6.07, 6.45) is 4.05. The topological polar surface area (TPSA) is 57.1 Å². The largest absolute Gasteiger partial charge is 0.386 e. The fourth-order valence-corrected chi connectivity index (χ4v) is 2.62. The summed E-state index contributed by atoms with van der Waals surface area (Å²) in [6, 6.07) is 12.7. The van der Waals surface area contributed by atoms with Crippen LogP contribution in [-0.2, 0) is 0 Å². The highest BCUT2D eigenvalue weighted by atomic mass is 15.1. The van der Waals surface area contributed by atoms with Gasteiger partial charge in [0, 0.05) is 43.6 Å². The van der Waals surface area contributed by atoms with Crippen molar-refractivity contribution in [3.05, 3.63) is 54.5 Å². The Labute approximate surface area is 119 Å². The van der Waals surface area contributed by atoms with Crippen molar-refractivity contribution in [1.82, 2.24) is 10.3 Å². The maximum Gasteiger partial charge on any atom is 0.0923 e. The SMILES string of the molecule is CN(C[C@H]1C=C(N)NC1)c1cccc(-c2ccc[nH]2)c1. The minimum Gasteiger partial charge on any atom is -0.386 e. The molecule has 0 fully saturated rings. The quantitative estimate of drug-likeness (QED) is 0.796. The summed E-state index contributed by atoms with van der Waals surface area (Å²) in [6.45, 7) is 1.88. The van der Waals surface area contributed by atoms with Gasteiger partial charge in [0.05, 0.1) is 5.82 Å². The first kappa shape index (κ1) is 12.7. The van der Waals surface area contributed by atoms with Crippen molar-refractivity contribution in [3.63, 3.8) is 0 Å². The van der Waals surface area contributed by atoms with Crippen LogP contribution >= 0.6 is 0 Å². The fraction of sp³-hybridized carbons (Fsp3) is 0.250. The van der Waals surface area contributed by atoms with E-state index in [0.717, 1.165) is 24.6 Å². The molecule has 2 heterocycles. The molecule has 0 unspecified atom stereocenters. The molecule has 0 aliphatic carbocycles. The highest BCUT2D eigenvalue weighted by Crippen LogP contribution is 2.23. The van der Waals surface area contributed by atoms with Crippen LogP contribution in [0.4, 0.5) is 5.69 Å². The number of nitrogens with one attached hydrogen (secondary N) is 2. The molecule has 20 heavy (non-hydrogen) atoms. The normalized spacial score (nSPS) is 17.6. The van der Waals surface area contributed by atoms with Gasteiger partial charge in [0.1, 0.15) is 0 Å². The second-order valence-electron chi connectivity index (χ2n) is 5.28. The molecule has 2 aromatic rings. The maximum atomic E-state index is 5.76. The first-order valence-corrected chi connectivity index (χ1v) is 6.88. The third-order valence-corrected chi connectivity index (χ3v) is 3.69. The van der Waals surface area contributed by atoms with Gasteiger partial charge in [0.2, 0.25) is 0 Å². The van der Waals surface area contributed by atoms with Crippen LogP contribution in [0.15, 0.2) is 54.5 Å². The molecule has 4 N–H and O–H groups in total. The summed E-state index contributed by atoms with van der Waals surface area (Å²) in [4.78, 5) is 5.52. The van der Waals surface area contributed by atoms with Crippen molar-refractivity contribution in [1.29, 1.82) is 0 Å². The fourth-order valence-electron chi connectivity index (χ4n) is 2.62. The Morgan fingerprint density at radius 2 is 2.20 bits per heavy atom. The molecule has 4 heteroatoms. The van der Waals surface area contributed by atoms with Gasteiger partial charge in [-0.1, -0.05) is 12.1 Å². The van der Waals surface area contributed by atoms with Crippen molar-refractivity contribution in [2.75, 3.05) is 25.0 Å². The third-order valence-electron chi connectivity index (χ3n) is 3.69. The zero-order chi connectivity index (χ0) is 13.9. The molecule has 1 aromatic heterocycles. The molecule has 0 saturated heterocycles. The van der Waals surface area contributed by atoms with E-state index in [2.05, 4.69) is 58.7 Å². The zero-order valence-electron chi connectivity index (χ0n) is 11.6. The van der Waals surface area contributed by atoms with Crippen LogP contribution in [0, 0.1) is 5.92 Å². The Morgan fingerprint density at radius 3 is 2.90 bits per heavy atom. The summed E-state index contributed by atoms with van der Waals surface area (Å²) in [5.41, 5.74) is 9.33. The summed E-state index contributed by atoms with van der Waals surface area (Å²) in [7, 11) is 2.12. The standard InChI is InChI=1S/C16H20N4/c1-20(11-12-8-16(17)19-10-12)14-5-2-4-13(9-14)15-6-3-7-18-15/h2-9,12,18-19H,10-11,17H2,1H3/t12-/m0/s1. The lowest BCUT2D eigenvalue weighted by atomic mass is 10.1. The van der Waals surface area contributed by atoms with Gasteiger partial charge in [-0.25, -0.2) is 0 Å². The van der Waals surface area contributed by atoms with Crippen molar-refractivity contribution in [3.8, 4) is 11.3 Å². The van der Waals surface area contributed by atoms with Crippen molar-refractivity contribution < 1.29 is 0 Å². The second-order valence-corrected chi connectivity index (χ2v) is 5.28. The first-order valence-electron chi connectivity index (χ1n) is 6.88. The number of hydrogen-bond acceptors (Lipinski definition) is 3. The number of aromatic amines is 1. The minimum absolute atomic E-state index is 0.467. The molecule has 104 valence electrons. The van der Waals surface area contributed by atoms with Crippen LogP contribution in [0.25, 0.3) is 11.3 Å². The van der Waals surface area contributed by atoms with Crippen LogP contribution in [0.5, 0.6) is 0 Å². The lowest BCUT2D eigenvalue weighted by molar-refractivity contribution is 0.641. The molecule has 0 radical (unpaired) electrons. The zero-order valence-corrected chi connectivity index (χ0v) is 11.6. The number of anilines is 1. The number of nitrogens with two attached hydrogens (primary N) is 1. The molecule has 1 atom stereocenters. The number of rotatable bonds is 4. The Balaban J connectivity index is 1.75. The molecule has 1 aliphatic rings. The average molecular weight is 268 g/mol. The van der Waals surface area contributed by atoms with Crippen LogP contribution in [-0.4, -0.2) is 25.1 Å². The van der Waals surface area contributed by atoms with Gasteiger partial charge in [-0.15, -0.1) is 0 Å². The Morgan fingerprint density at radius 1 is 1.30 bits per heavy atom. The second kappa shape index (κ2) is 5.33. The van der Waals surface area contributed by atoms with Crippen molar-refractivity contribution in [2.45, 2.75) is 0 Å². The first-order chi connectivity index (χ1) is 9.72.